The van der Waals surface area contributed by atoms with Gasteiger partial charge >= 0.3 is 0 Å². The van der Waals surface area contributed by atoms with E-state index in [2.05, 4.69) is 24.4 Å². The van der Waals surface area contributed by atoms with Crippen molar-refractivity contribution in [1.82, 2.24) is 10.2 Å². The van der Waals surface area contributed by atoms with Crippen molar-refractivity contribution >= 4 is 5.91 Å². The van der Waals surface area contributed by atoms with Crippen LogP contribution in [-0.2, 0) is 16.1 Å². The minimum atomic E-state index is -0.0599. The van der Waals surface area contributed by atoms with Crippen LogP contribution in [0.15, 0.2) is 30.3 Å². The number of hydrogen-bond donors (Lipinski definition) is 1. The fourth-order valence-electron chi connectivity index (χ4n) is 2.66. The first-order valence-electron chi connectivity index (χ1n) is 7.34. The lowest BCUT2D eigenvalue weighted by Gasteiger charge is -2.27. The molecular formula is C16H24N2O2. The number of ether oxygens (including phenoxy) is 1. The average molecular weight is 276 g/mol. The van der Waals surface area contributed by atoms with Crippen molar-refractivity contribution in [3.63, 3.8) is 0 Å². The molecule has 1 aromatic rings. The van der Waals surface area contributed by atoms with Gasteiger partial charge in [-0.2, -0.15) is 0 Å². The maximum Gasteiger partial charge on any atom is 0.229 e. The highest BCUT2D eigenvalue weighted by molar-refractivity contribution is 5.80. The molecule has 2 rings (SSSR count). The molecular weight excluding hydrogens is 252 g/mol. The molecule has 0 saturated carbocycles. The number of hydrogen-bond acceptors (Lipinski definition) is 3. The first-order valence-corrected chi connectivity index (χ1v) is 7.34. The smallest absolute Gasteiger partial charge is 0.229 e. The van der Waals surface area contributed by atoms with Crippen molar-refractivity contribution in [2.75, 3.05) is 26.8 Å². The molecule has 0 radical (unpaired) electrons. The molecule has 1 aliphatic rings. The number of carbonyl (C=O) groups is 1. The summed E-state index contributed by atoms with van der Waals surface area (Å²) in [5.74, 6) is 0.141. The molecule has 0 bridgehead atoms. The van der Waals surface area contributed by atoms with E-state index in [0.717, 1.165) is 13.0 Å². The van der Waals surface area contributed by atoms with E-state index in [9.17, 15) is 4.79 Å². The number of amides is 1. The van der Waals surface area contributed by atoms with Gasteiger partial charge in [-0.1, -0.05) is 37.3 Å². The van der Waals surface area contributed by atoms with E-state index in [1.165, 1.54) is 5.56 Å². The van der Waals surface area contributed by atoms with E-state index in [4.69, 9.17) is 4.74 Å². The topological polar surface area (TPSA) is 41.6 Å². The van der Waals surface area contributed by atoms with Crippen LogP contribution in [0, 0.1) is 5.92 Å². The summed E-state index contributed by atoms with van der Waals surface area (Å²) in [6, 6.07) is 10.3. The van der Waals surface area contributed by atoms with Crippen molar-refractivity contribution in [2.45, 2.75) is 25.9 Å². The summed E-state index contributed by atoms with van der Waals surface area (Å²) in [6.45, 7) is 4.73. The molecule has 1 N–H and O–H groups in total. The van der Waals surface area contributed by atoms with Gasteiger partial charge in [0.25, 0.3) is 0 Å². The molecule has 20 heavy (non-hydrogen) atoms. The van der Waals surface area contributed by atoms with Gasteiger partial charge in [-0.3, -0.25) is 4.79 Å². The summed E-state index contributed by atoms with van der Waals surface area (Å²) in [5.41, 5.74) is 1.18. The number of likely N-dealkylation sites (N-methyl/N-ethyl adjacent to an activating group) is 1. The molecule has 1 saturated heterocycles. The molecule has 4 nitrogen and oxygen atoms in total. The Kier molecular flexibility index (Phi) is 5.56. The summed E-state index contributed by atoms with van der Waals surface area (Å²) >= 11 is 0. The number of carbonyl (C=O) groups excluding carboxylic acids is 1. The molecule has 2 unspecified atom stereocenters. The van der Waals surface area contributed by atoms with E-state index in [1.807, 2.05) is 30.1 Å². The Morgan fingerprint density at radius 3 is 2.75 bits per heavy atom. The number of benzene rings is 1. The van der Waals surface area contributed by atoms with E-state index in [1.54, 1.807) is 0 Å². The van der Waals surface area contributed by atoms with Gasteiger partial charge in [0, 0.05) is 19.1 Å². The number of rotatable bonds is 6. The van der Waals surface area contributed by atoms with Crippen LogP contribution in [0.25, 0.3) is 0 Å². The Hall–Kier alpha value is -1.39. The van der Waals surface area contributed by atoms with Crippen molar-refractivity contribution < 1.29 is 9.53 Å². The van der Waals surface area contributed by atoms with Crippen LogP contribution < -0.4 is 5.32 Å². The zero-order chi connectivity index (χ0) is 14.4. The first kappa shape index (κ1) is 15.0. The van der Waals surface area contributed by atoms with E-state index >= 15 is 0 Å². The van der Waals surface area contributed by atoms with Crippen LogP contribution >= 0.6 is 0 Å². The Morgan fingerprint density at radius 1 is 1.35 bits per heavy atom. The van der Waals surface area contributed by atoms with Gasteiger partial charge in [-0.25, -0.2) is 0 Å². The third-order valence-corrected chi connectivity index (χ3v) is 3.79. The van der Waals surface area contributed by atoms with Gasteiger partial charge in [0.1, 0.15) is 0 Å². The summed E-state index contributed by atoms with van der Waals surface area (Å²) in [6.07, 6.45) is 0.969. The predicted octanol–water partition coefficient (Wildman–Crippen LogP) is 1.66. The summed E-state index contributed by atoms with van der Waals surface area (Å²) in [7, 11) is 1.89. The molecule has 110 valence electrons. The molecule has 0 aromatic heterocycles. The predicted molar refractivity (Wildman–Crippen MR) is 79.3 cm³/mol. The molecule has 0 aliphatic carbocycles. The summed E-state index contributed by atoms with van der Waals surface area (Å²) in [4.78, 5) is 14.7. The van der Waals surface area contributed by atoms with Gasteiger partial charge in [-0.05, 0) is 19.0 Å². The lowest BCUT2D eigenvalue weighted by atomic mass is 10.0. The van der Waals surface area contributed by atoms with E-state index in [-0.39, 0.29) is 17.9 Å². The van der Waals surface area contributed by atoms with E-state index < -0.39 is 0 Å². The van der Waals surface area contributed by atoms with Crippen molar-refractivity contribution in [2.24, 2.45) is 5.92 Å². The third kappa shape index (κ3) is 3.58. The zero-order valence-corrected chi connectivity index (χ0v) is 12.3. The van der Waals surface area contributed by atoms with Crippen molar-refractivity contribution in [3.8, 4) is 0 Å². The fraction of sp³-hybridized carbons (Fsp3) is 0.562. The highest BCUT2D eigenvalue weighted by Gasteiger charge is 2.35. The Labute approximate surface area is 121 Å². The number of nitrogens with zero attached hydrogens (tertiary/aromatic N) is 1. The van der Waals surface area contributed by atoms with Gasteiger partial charge in [-0.15, -0.1) is 0 Å². The van der Waals surface area contributed by atoms with Gasteiger partial charge in [0.05, 0.1) is 19.1 Å². The van der Waals surface area contributed by atoms with Crippen LogP contribution in [-0.4, -0.2) is 43.7 Å². The summed E-state index contributed by atoms with van der Waals surface area (Å²) < 4.78 is 5.45. The monoisotopic (exact) mass is 276 g/mol. The molecule has 0 spiro atoms. The highest BCUT2D eigenvalue weighted by atomic mass is 16.5. The van der Waals surface area contributed by atoms with Crippen molar-refractivity contribution in [3.05, 3.63) is 35.9 Å². The molecule has 4 heteroatoms. The first-order chi connectivity index (χ1) is 9.76. The Balaban J connectivity index is 2.05. The van der Waals surface area contributed by atoms with Crippen molar-refractivity contribution in [1.29, 1.82) is 0 Å². The van der Waals surface area contributed by atoms with Gasteiger partial charge in [0.15, 0.2) is 0 Å². The van der Waals surface area contributed by atoms with Crippen LogP contribution in [0.3, 0.4) is 0 Å². The molecule has 1 aromatic carbocycles. The second-order valence-electron chi connectivity index (χ2n) is 5.28. The SMILES string of the molecule is CCCN(Cc1ccccc1)C(=O)C1COCC1NC. The zero-order valence-electron chi connectivity index (χ0n) is 12.3. The lowest BCUT2D eigenvalue weighted by molar-refractivity contribution is -0.136. The van der Waals surface area contributed by atoms with Gasteiger partial charge < -0.3 is 15.0 Å². The Bertz CT molecular complexity index is 422. The van der Waals surface area contributed by atoms with Crippen LogP contribution in [0.2, 0.25) is 0 Å². The maximum atomic E-state index is 12.7. The average Bonchev–Trinajstić information content (AvgIpc) is 2.95. The third-order valence-electron chi connectivity index (χ3n) is 3.79. The fourth-order valence-corrected chi connectivity index (χ4v) is 2.66. The largest absolute Gasteiger partial charge is 0.379 e. The lowest BCUT2D eigenvalue weighted by Crippen LogP contribution is -2.44. The standard InChI is InChI=1S/C16H24N2O2/c1-3-9-18(10-13-7-5-4-6-8-13)16(19)14-11-20-12-15(14)17-2/h4-8,14-15,17H,3,9-12H2,1-2H3. The van der Waals surface area contributed by atoms with Crippen LogP contribution in [0.5, 0.6) is 0 Å². The second kappa shape index (κ2) is 7.41. The number of nitrogens with one attached hydrogen (secondary N) is 1. The van der Waals surface area contributed by atoms with Crippen LogP contribution in [0.1, 0.15) is 18.9 Å². The minimum absolute atomic E-state index is 0.0599. The van der Waals surface area contributed by atoms with Crippen LogP contribution in [0.4, 0.5) is 0 Å². The molecule has 1 amide bonds. The Morgan fingerprint density at radius 2 is 2.10 bits per heavy atom. The maximum absolute atomic E-state index is 12.7. The summed E-state index contributed by atoms with van der Waals surface area (Å²) in [5, 5.41) is 3.18. The normalized spacial score (nSPS) is 21.9. The minimum Gasteiger partial charge on any atom is -0.379 e. The molecule has 1 aliphatic heterocycles. The molecule has 1 heterocycles. The second-order valence-corrected chi connectivity index (χ2v) is 5.28. The quantitative estimate of drug-likeness (QED) is 0.859. The molecule has 2 atom stereocenters. The van der Waals surface area contributed by atoms with E-state index in [0.29, 0.717) is 19.8 Å². The van der Waals surface area contributed by atoms with Gasteiger partial charge in [0.2, 0.25) is 5.91 Å². The highest BCUT2D eigenvalue weighted by Crippen LogP contribution is 2.18. The molecule has 1 fully saturated rings.